The van der Waals surface area contributed by atoms with Gasteiger partial charge in [-0.25, -0.2) is 4.79 Å². The van der Waals surface area contributed by atoms with Crippen molar-refractivity contribution in [1.29, 1.82) is 0 Å². The van der Waals surface area contributed by atoms with E-state index in [1.807, 2.05) is 23.4 Å². The van der Waals surface area contributed by atoms with Crippen LogP contribution in [0, 0.1) is 0 Å². The summed E-state index contributed by atoms with van der Waals surface area (Å²) in [5, 5.41) is 10.8. The average Bonchev–Trinajstić information content (AvgIpc) is 2.96. The predicted octanol–water partition coefficient (Wildman–Crippen LogP) is 2.72. The Balaban J connectivity index is 1.94. The lowest BCUT2D eigenvalue weighted by molar-refractivity contribution is 0.0663. The van der Waals surface area contributed by atoms with Crippen molar-refractivity contribution in [1.82, 2.24) is 0 Å². The first-order valence-corrected chi connectivity index (χ1v) is 6.11. The molecule has 0 spiro atoms. The summed E-state index contributed by atoms with van der Waals surface area (Å²) in [6.45, 7) is 0.799. The van der Waals surface area contributed by atoms with Crippen LogP contribution in [0.3, 0.4) is 0 Å². The molecule has 0 unspecified atom stereocenters. The third kappa shape index (κ3) is 2.88. The van der Waals surface area contributed by atoms with Gasteiger partial charge in [0.25, 0.3) is 0 Å². The average molecular weight is 251 g/mol. The summed E-state index contributed by atoms with van der Waals surface area (Å²) in [6.07, 6.45) is 0.928. The number of nitrogens with zero attached hydrogens (tertiary/aromatic N) is 1. The quantitative estimate of drug-likeness (QED) is 0.887. The second kappa shape index (κ2) is 5.05. The van der Waals surface area contributed by atoms with Crippen molar-refractivity contribution in [2.24, 2.45) is 0 Å². The zero-order chi connectivity index (χ0) is 12.3. The lowest BCUT2D eigenvalue weighted by Crippen LogP contribution is -2.19. The highest BCUT2D eigenvalue weighted by Gasteiger charge is 2.11. The molecule has 0 aliphatic carbocycles. The molecule has 1 N–H and O–H groups in total. The van der Waals surface area contributed by atoms with Crippen LogP contribution in [0.2, 0.25) is 0 Å². The van der Waals surface area contributed by atoms with Crippen LogP contribution in [0.1, 0.15) is 15.4 Å². The minimum absolute atomic E-state index is 0.0250. The number of rotatable bonds is 5. The summed E-state index contributed by atoms with van der Waals surface area (Å²) in [5.74, 6) is -0.482. The van der Waals surface area contributed by atoms with E-state index in [-0.39, 0.29) is 5.76 Å². The molecule has 4 nitrogen and oxygen atoms in total. The van der Waals surface area contributed by atoms with Crippen LogP contribution < -0.4 is 4.90 Å². The van der Waals surface area contributed by atoms with Crippen molar-refractivity contribution >= 4 is 23.2 Å². The van der Waals surface area contributed by atoms with E-state index in [1.165, 1.54) is 10.9 Å². The van der Waals surface area contributed by atoms with Gasteiger partial charge in [0, 0.05) is 24.5 Å². The Morgan fingerprint density at radius 2 is 2.29 bits per heavy atom. The van der Waals surface area contributed by atoms with Gasteiger partial charge < -0.3 is 14.4 Å². The highest BCUT2D eigenvalue weighted by atomic mass is 32.1. The number of carboxylic acids is 1. The maximum absolute atomic E-state index is 10.7. The van der Waals surface area contributed by atoms with Crippen LogP contribution in [0.5, 0.6) is 0 Å². The minimum atomic E-state index is -1.04. The largest absolute Gasteiger partial charge is 0.475 e. The fraction of sp³-hybridized carbons (Fsp3) is 0.250. The van der Waals surface area contributed by atoms with Gasteiger partial charge in [-0.3, -0.25) is 0 Å². The number of likely N-dealkylation sites (N-methyl/N-ethyl adjacent to an activating group) is 1. The van der Waals surface area contributed by atoms with Gasteiger partial charge in [0.05, 0.1) is 0 Å². The number of furan rings is 1. The number of thiophene rings is 1. The second-order valence-corrected chi connectivity index (χ2v) is 4.73. The molecule has 0 amide bonds. The summed E-state index contributed by atoms with van der Waals surface area (Å²) in [7, 11) is 1.89. The summed E-state index contributed by atoms with van der Waals surface area (Å²) in [4.78, 5) is 13.9. The number of hydrogen-bond acceptors (Lipinski definition) is 4. The Labute approximate surface area is 103 Å². The topological polar surface area (TPSA) is 53.7 Å². The molecule has 2 rings (SSSR count). The Kier molecular flexibility index (Phi) is 3.49. The Morgan fingerprint density at radius 1 is 1.47 bits per heavy atom. The highest BCUT2D eigenvalue weighted by molar-refractivity contribution is 7.09. The first-order valence-electron chi connectivity index (χ1n) is 5.23. The van der Waals surface area contributed by atoms with Crippen molar-refractivity contribution in [3.05, 3.63) is 40.3 Å². The molecule has 0 bridgehead atoms. The van der Waals surface area contributed by atoms with E-state index in [0.717, 1.165) is 13.0 Å². The van der Waals surface area contributed by atoms with E-state index in [9.17, 15) is 4.79 Å². The molecule has 0 saturated carbocycles. The van der Waals surface area contributed by atoms with Gasteiger partial charge in [0.1, 0.15) is 0 Å². The maximum atomic E-state index is 10.7. The van der Waals surface area contributed by atoms with E-state index in [0.29, 0.717) is 5.88 Å². The van der Waals surface area contributed by atoms with Gasteiger partial charge in [-0.05, 0) is 23.9 Å². The molecule has 0 saturated heterocycles. The molecule has 0 aliphatic rings. The molecule has 0 fully saturated rings. The summed E-state index contributed by atoms with van der Waals surface area (Å²) in [6, 6.07) is 7.26. The van der Waals surface area contributed by atoms with Crippen molar-refractivity contribution in [2.75, 3.05) is 18.5 Å². The van der Waals surface area contributed by atoms with Gasteiger partial charge in [0.2, 0.25) is 5.76 Å². The summed E-state index contributed by atoms with van der Waals surface area (Å²) < 4.78 is 5.21. The summed E-state index contributed by atoms with van der Waals surface area (Å²) >= 11 is 1.72. The Hall–Kier alpha value is -1.75. The van der Waals surface area contributed by atoms with Gasteiger partial charge in [-0.1, -0.05) is 6.07 Å². The number of carboxylic acid groups (broad SMARTS) is 1. The first kappa shape index (κ1) is 11.7. The fourth-order valence-corrected chi connectivity index (χ4v) is 2.19. The lowest BCUT2D eigenvalue weighted by atomic mass is 10.3. The van der Waals surface area contributed by atoms with Crippen LogP contribution >= 0.6 is 11.3 Å². The van der Waals surface area contributed by atoms with Crippen LogP contribution in [0.4, 0.5) is 5.88 Å². The van der Waals surface area contributed by atoms with E-state index in [2.05, 4.69) is 6.07 Å². The van der Waals surface area contributed by atoms with E-state index >= 15 is 0 Å². The number of aromatic carboxylic acids is 1. The van der Waals surface area contributed by atoms with E-state index in [4.69, 9.17) is 9.52 Å². The Bertz CT molecular complexity index is 490. The zero-order valence-corrected chi connectivity index (χ0v) is 10.2. The van der Waals surface area contributed by atoms with Crippen LogP contribution in [-0.2, 0) is 6.42 Å². The normalized spacial score (nSPS) is 10.4. The molecular weight excluding hydrogens is 238 g/mol. The second-order valence-electron chi connectivity index (χ2n) is 3.69. The van der Waals surface area contributed by atoms with Crippen LogP contribution in [0.25, 0.3) is 0 Å². The van der Waals surface area contributed by atoms with Gasteiger partial charge >= 0.3 is 5.97 Å². The van der Waals surface area contributed by atoms with Crippen molar-refractivity contribution < 1.29 is 14.3 Å². The fourth-order valence-electron chi connectivity index (χ4n) is 1.49. The van der Waals surface area contributed by atoms with Crippen LogP contribution in [0.15, 0.2) is 34.1 Å². The third-order valence-electron chi connectivity index (χ3n) is 2.45. The monoisotopic (exact) mass is 251 g/mol. The standard InChI is InChI=1S/C12H13NO3S/c1-13(7-6-9-3-2-8-17-9)11-5-4-10(16-11)12(14)15/h2-5,8H,6-7H2,1H3,(H,14,15). The van der Waals surface area contributed by atoms with Crippen molar-refractivity contribution in [3.8, 4) is 0 Å². The molecule has 0 aromatic carbocycles. The maximum Gasteiger partial charge on any atom is 0.371 e. The van der Waals surface area contributed by atoms with Crippen molar-refractivity contribution in [3.63, 3.8) is 0 Å². The predicted molar refractivity (Wildman–Crippen MR) is 67.0 cm³/mol. The summed E-state index contributed by atoms with van der Waals surface area (Å²) in [5.41, 5.74) is 0. The molecule has 0 radical (unpaired) electrons. The van der Waals surface area contributed by atoms with Crippen LogP contribution in [-0.4, -0.2) is 24.7 Å². The number of hydrogen-bond donors (Lipinski definition) is 1. The smallest absolute Gasteiger partial charge is 0.371 e. The molecule has 0 aliphatic heterocycles. The van der Waals surface area contributed by atoms with E-state index in [1.54, 1.807) is 17.4 Å². The third-order valence-corrected chi connectivity index (χ3v) is 3.39. The first-order chi connectivity index (χ1) is 8.16. The molecule has 2 heterocycles. The number of anilines is 1. The zero-order valence-electron chi connectivity index (χ0n) is 9.42. The molecule has 2 aromatic heterocycles. The van der Waals surface area contributed by atoms with Crippen molar-refractivity contribution in [2.45, 2.75) is 6.42 Å². The molecular formula is C12H13NO3S. The van der Waals surface area contributed by atoms with Gasteiger partial charge in [-0.2, -0.15) is 0 Å². The number of carbonyl (C=O) groups is 1. The van der Waals surface area contributed by atoms with Gasteiger partial charge in [0.15, 0.2) is 5.88 Å². The molecule has 2 aromatic rings. The molecule has 5 heteroatoms. The lowest BCUT2D eigenvalue weighted by Gasteiger charge is -2.14. The van der Waals surface area contributed by atoms with E-state index < -0.39 is 5.97 Å². The molecule has 90 valence electrons. The highest BCUT2D eigenvalue weighted by Crippen LogP contribution is 2.18. The molecule has 17 heavy (non-hydrogen) atoms. The SMILES string of the molecule is CN(CCc1cccs1)c1ccc(C(=O)O)o1. The molecule has 0 atom stereocenters. The Morgan fingerprint density at radius 3 is 2.88 bits per heavy atom. The minimum Gasteiger partial charge on any atom is -0.475 e. The van der Waals surface area contributed by atoms with Gasteiger partial charge in [-0.15, -0.1) is 11.3 Å².